The van der Waals surface area contributed by atoms with Crippen LogP contribution in [-0.2, 0) is 28.6 Å². The molecule has 0 rings (SSSR count). The van der Waals surface area contributed by atoms with E-state index in [1.165, 1.54) is 283 Å². The molecule has 0 saturated carbocycles. The first kappa shape index (κ1) is 80.1. The molecule has 0 spiro atoms. The molecular formula is C77H140O6. The number of ether oxygens (including phenoxy) is 3. The van der Waals surface area contributed by atoms with Crippen LogP contribution in [0.5, 0.6) is 0 Å². The molecule has 0 aromatic rings. The first-order valence-corrected chi connectivity index (χ1v) is 36.8. The van der Waals surface area contributed by atoms with Gasteiger partial charge in [0, 0.05) is 19.3 Å². The lowest BCUT2D eigenvalue weighted by atomic mass is 10.0. The van der Waals surface area contributed by atoms with Gasteiger partial charge in [0.25, 0.3) is 0 Å². The van der Waals surface area contributed by atoms with Crippen molar-refractivity contribution in [3.8, 4) is 0 Å². The van der Waals surface area contributed by atoms with Crippen molar-refractivity contribution in [3.63, 3.8) is 0 Å². The van der Waals surface area contributed by atoms with Crippen LogP contribution in [0.3, 0.4) is 0 Å². The third kappa shape index (κ3) is 69.8. The predicted octanol–water partition coefficient (Wildman–Crippen LogP) is 25.5. The van der Waals surface area contributed by atoms with E-state index in [0.717, 1.165) is 70.6 Å². The lowest BCUT2D eigenvalue weighted by Crippen LogP contribution is -2.30. The predicted molar refractivity (Wildman–Crippen MR) is 362 cm³/mol. The van der Waals surface area contributed by atoms with E-state index in [4.69, 9.17) is 14.2 Å². The number of rotatable bonds is 68. The van der Waals surface area contributed by atoms with E-state index in [0.29, 0.717) is 19.3 Å². The van der Waals surface area contributed by atoms with Crippen LogP contribution < -0.4 is 0 Å². The summed E-state index contributed by atoms with van der Waals surface area (Å²) < 4.78 is 17.0. The summed E-state index contributed by atoms with van der Waals surface area (Å²) in [5, 5.41) is 0. The van der Waals surface area contributed by atoms with Gasteiger partial charge in [-0.2, -0.15) is 0 Å². The van der Waals surface area contributed by atoms with Crippen LogP contribution in [-0.4, -0.2) is 37.2 Å². The van der Waals surface area contributed by atoms with Crippen molar-refractivity contribution >= 4 is 17.9 Å². The van der Waals surface area contributed by atoms with Gasteiger partial charge in [0.2, 0.25) is 0 Å². The number of hydrogen-bond donors (Lipinski definition) is 0. The summed E-state index contributed by atoms with van der Waals surface area (Å²) in [7, 11) is 0. The fraction of sp³-hybridized carbons (Fsp3) is 0.831. The Balaban J connectivity index is 4.33. The van der Waals surface area contributed by atoms with Gasteiger partial charge in [-0.15, -0.1) is 0 Å². The second-order valence-electron chi connectivity index (χ2n) is 24.8. The van der Waals surface area contributed by atoms with Crippen LogP contribution >= 0.6 is 0 Å². The standard InChI is InChI=1S/C77H140O6/c1-4-7-10-13-16-19-22-25-28-31-34-36-37-38-39-41-43-46-49-52-55-58-61-64-67-70-76(79)82-73-74(72-81-75(78)69-66-63-60-57-54-51-48-45-42-33-30-27-24-21-18-15-12-9-6-3)83-77(80)71-68-65-62-59-56-53-50-47-44-40-35-32-29-26-23-20-17-14-11-8-5-2/h22-23,25-27,30-32,34-35,74H,4-21,24,28-29,33,36-73H2,1-3H3/b25-22-,26-23-,30-27-,34-31-,35-32-. The molecule has 0 N–H and O–H groups in total. The van der Waals surface area contributed by atoms with E-state index in [1.54, 1.807) is 0 Å². The summed E-state index contributed by atoms with van der Waals surface area (Å²) in [5.74, 6) is -0.855. The lowest BCUT2D eigenvalue weighted by Gasteiger charge is -2.18. The molecule has 0 aliphatic carbocycles. The number of hydrogen-bond acceptors (Lipinski definition) is 6. The Labute approximate surface area is 517 Å². The van der Waals surface area contributed by atoms with Crippen molar-refractivity contribution in [2.45, 2.75) is 399 Å². The maximum atomic E-state index is 13.0. The van der Waals surface area contributed by atoms with Gasteiger partial charge in [-0.3, -0.25) is 14.4 Å². The van der Waals surface area contributed by atoms with E-state index in [-0.39, 0.29) is 31.1 Å². The monoisotopic (exact) mass is 1160 g/mol. The molecule has 0 aliphatic rings. The normalized spacial score (nSPS) is 12.4. The molecule has 6 heteroatoms. The van der Waals surface area contributed by atoms with Gasteiger partial charge >= 0.3 is 17.9 Å². The largest absolute Gasteiger partial charge is 0.462 e. The summed E-state index contributed by atoms with van der Waals surface area (Å²) >= 11 is 0. The molecule has 0 aromatic carbocycles. The highest BCUT2D eigenvalue weighted by atomic mass is 16.6. The van der Waals surface area contributed by atoms with Crippen LogP contribution in [0.15, 0.2) is 60.8 Å². The van der Waals surface area contributed by atoms with Crippen LogP contribution in [0.25, 0.3) is 0 Å². The summed E-state index contributed by atoms with van der Waals surface area (Å²) in [6, 6.07) is 0. The second-order valence-corrected chi connectivity index (χ2v) is 24.8. The molecule has 0 radical (unpaired) electrons. The fourth-order valence-electron chi connectivity index (χ4n) is 10.9. The van der Waals surface area contributed by atoms with Crippen LogP contribution in [0, 0.1) is 0 Å². The van der Waals surface area contributed by atoms with Gasteiger partial charge in [0.1, 0.15) is 13.2 Å². The van der Waals surface area contributed by atoms with Crippen molar-refractivity contribution in [3.05, 3.63) is 60.8 Å². The highest BCUT2D eigenvalue weighted by molar-refractivity contribution is 5.71. The zero-order valence-electron chi connectivity index (χ0n) is 55.7. The summed E-state index contributed by atoms with van der Waals surface area (Å²) in [5.41, 5.74) is 0. The molecule has 0 bridgehead atoms. The Morgan fingerprint density at radius 2 is 0.434 bits per heavy atom. The molecule has 1 unspecified atom stereocenters. The minimum atomic E-state index is -0.779. The number of esters is 3. The smallest absolute Gasteiger partial charge is 0.306 e. The number of carbonyl (C=O) groups is 3. The molecule has 484 valence electrons. The molecule has 0 saturated heterocycles. The van der Waals surface area contributed by atoms with E-state index in [9.17, 15) is 14.4 Å². The Morgan fingerprint density at radius 1 is 0.241 bits per heavy atom. The average Bonchev–Trinajstić information content (AvgIpc) is 3.50. The maximum Gasteiger partial charge on any atom is 0.306 e. The van der Waals surface area contributed by atoms with Crippen molar-refractivity contribution in [1.29, 1.82) is 0 Å². The van der Waals surface area contributed by atoms with E-state index < -0.39 is 6.10 Å². The van der Waals surface area contributed by atoms with Gasteiger partial charge in [-0.05, 0) is 109 Å². The summed E-state index contributed by atoms with van der Waals surface area (Å²) in [6.45, 7) is 6.68. The quantitative estimate of drug-likeness (QED) is 0.0261. The van der Waals surface area contributed by atoms with Gasteiger partial charge in [0.05, 0.1) is 0 Å². The first-order valence-electron chi connectivity index (χ1n) is 36.8. The van der Waals surface area contributed by atoms with Crippen molar-refractivity contribution in [2.75, 3.05) is 13.2 Å². The number of carbonyl (C=O) groups excluding carboxylic acids is 3. The number of allylic oxidation sites excluding steroid dienone is 10. The summed E-state index contributed by atoms with van der Waals surface area (Å²) in [6.07, 6.45) is 92.4. The highest BCUT2D eigenvalue weighted by Gasteiger charge is 2.19. The number of unbranched alkanes of at least 4 members (excludes halogenated alkanes) is 47. The average molecular weight is 1160 g/mol. The Morgan fingerprint density at radius 3 is 0.675 bits per heavy atom. The first-order chi connectivity index (χ1) is 41.0. The Bertz CT molecular complexity index is 1470. The molecule has 0 aromatic heterocycles. The van der Waals surface area contributed by atoms with Gasteiger partial charge < -0.3 is 14.2 Å². The van der Waals surface area contributed by atoms with Crippen LogP contribution in [0.2, 0.25) is 0 Å². The fourth-order valence-corrected chi connectivity index (χ4v) is 10.9. The van der Waals surface area contributed by atoms with Gasteiger partial charge in [0.15, 0.2) is 6.10 Å². The molecule has 1 atom stereocenters. The SMILES string of the molecule is CCCCCCC/C=C\C/C=C\CCCCCCCCCCCCCCCC(=O)OCC(COC(=O)CCCCCCCCCCC/C=C\CCCCCCCC)OC(=O)CCCCCCCCCCC/C=C\C/C=C\CCCCCCC. The van der Waals surface area contributed by atoms with E-state index in [1.807, 2.05) is 0 Å². The molecular weight excluding hydrogens is 1020 g/mol. The minimum Gasteiger partial charge on any atom is -0.462 e. The molecule has 0 heterocycles. The highest BCUT2D eigenvalue weighted by Crippen LogP contribution is 2.18. The zero-order valence-corrected chi connectivity index (χ0v) is 55.7. The van der Waals surface area contributed by atoms with Gasteiger partial charge in [-0.25, -0.2) is 0 Å². The van der Waals surface area contributed by atoms with Crippen molar-refractivity contribution in [1.82, 2.24) is 0 Å². The third-order valence-electron chi connectivity index (χ3n) is 16.5. The zero-order chi connectivity index (χ0) is 59.9. The molecule has 0 amide bonds. The maximum absolute atomic E-state index is 13.0. The van der Waals surface area contributed by atoms with Gasteiger partial charge in [-0.1, -0.05) is 326 Å². The Kier molecular flexibility index (Phi) is 69.1. The molecule has 83 heavy (non-hydrogen) atoms. The second kappa shape index (κ2) is 71.6. The van der Waals surface area contributed by atoms with Crippen LogP contribution in [0.1, 0.15) is 393 Å². The summed E-state index contributed by atoms with van der Waals surface area (Å²) in [4.78, 5) is 38.5. The molecule has 0 fully saturated rings. The third-order valence-corrected chi connectivity index (χ3v) is 16.5. The molecule has 6 nitrogen and oxygen atoms in total. The van der Waals surface area contributed by atoms with E-state index >= 15 is 0 Å². The Hall–Kier alpha value is -2.89. The molecule has 0 aliphatic heterocycles. The lowest BCUT2D eigenvalue weighted by molar-refractivity contribution is -0.167. The van der Waals surface area contributed by atoms with Crippen molar-refractivity contribution < 1.29 is 28.6 Å². The van der Waals surface area contributed by atoms with E-state index in [2.05, 4.69) is 81.5 Å². The topological polar surface area (TPSA) is 78.9 Å². The minimum absolute atomic E-state index is 0.0739. The van der Waals surface area contributed by atoms with Crippen LogP contribution in [0.4, 0.5) is 0 Å². The van der Waals surface area contributed by atoms with Crippen molar-refractivity contribution in [2.24, 2.45) is 0 Å².